The van der Waals surface area contributed by atoms with E-state index in [2.05, 4.69) is 44.2 Å². The van der Waals surface area contributed by atoms with E-state index in [0.717, 1.165) is 0 Å². The first-order chi connectivity index (χ1) is 20.8. The number of hydrogen-bond acceptors (Lipinski definition) is 9. The number of carbonyl (C=O) groups is 2. The van der Waals surface area contributed by atoms with Gasteiger partial charge < -0.3 is 28.7 Å². The van der Waals surface area contributed by atoms with E-state index >= 15 is 0 Å². The first kappa shape index (κ1) is 34.5. The predicted octanol–water partition coefficient (Wildman–Crippen LogP) is 6.89. The number of anilines is 1. The van der Waals surface area contributed by atoms with Crippen LogP contribution in [0.2, 0.25) is 18.1 Å². The molecule has 0 radical (unpaired) electrons. The zero-order chi connectivity index (χ0) is 33.4. The molecule has 3 aromatic heterocycles. The third kappa shape index (κ3) is 7.92. The summed E-state index contributed by atoms with van der Waals surface area (Å²) in [5, 5.41) is 3.45. The molecule has 0 aliphatic carbocycles. The lowest BCUT2D eigenvalue weighted by Gasteiger charge is -2.38. The normalized spacial score (nSPS) is 18.2. The number of nitrogens with one attached hydrogen (secondary N) is 1. The lowest BCUT2D eigenvalue weighted by atomic mass is 9.96. The average molecular weight is 641 g/mol. The predicted molar refractivity (Wildman–Crippen MR) is 176 cm³/mol. The van der Waals surface area contributed by atoms with Gasteiger partial charge in [-0.2, -0.15) is 0 Å². The number of ether oxygens (including phenoxy) is 4. The maximum Gasteiger partial charge on any atom is 0.419 e. The molecule has 1 fully saturated rings. The van der Waals surface area contributed by atoms with Crippen LogP contribution in [0.25, 0.3) is 22.2 Å². The summed E-state index contributed by atoms with van der Waals surface area (Å²) < 4.78 is 31.8. The third-order valence-electron chi connectivity index (χ3n) is 8.29. The lowest BCUT2D eigenvalue weighted by molar-refractivity contribution is -0.114. The molecule has 4 heterocycles. The van der Waals surface area contributed by atoms with Crippen molar-refractivity contribution in [2.45, 2.75) is 97.2 Å². The third-order valence-corrected chi connectivity index (χ3v) is 12.9. The molecule has 1 amide bonds. The average Bonchev–Trinajstić information content (AvgIpc) is 3.55. The lowest BCUT2D eigenvalue weighted by Crippen LogP contribution is -2.44. The molecule has 1 saturated heterocycles. The van der Waals surface area contributed by atoms with Gasteiger partial charge in [0.1, 0.15) is 29.4 Å². The Morgan fingerprint density at radius 3 is 2.44 bits per heavy atom. The molecule has 1 aliphatic rings. The van der Waals surface area contributed by atoms with Crippen LogP contribution < -0.4 is 10.1 Å². The minimum Gasteiger partial charge on any atom is -0.491 e. The van der Waals surface area contributed by atoms with Crippen molar-refractivity contribution in [1.82, 2.24) is 14.5 Å². The number of amides is 1. The van der Waals surface area contributed by atoms with Gasteiger partial charge in [-0.25, -0.2) is 14.8 Å². The monoisotopic (exact) mass is 640 g/mol. The van der Waals surface area contributed by atoms with Crippen molar-refractivity contribution in [1.29, 1.82) is 0 Å². The Balaban J connectivity index is 1.83. The molecule has 3 aromatic rings. The Hall–Kier alpha value is -3.32. The van der Waals surface area contributed by atoms with E-state index in [4.69, 9.17) is 28.4 Å². The topological polar surface area (TPSA) is 123 Å². The van der Waals surface area contributed by atoms with E-state index in [1.807, 2.05) is 39.8 Å². The maximum absolute atomic E-state index is 13.3. The largest absolute Gasteiger partial charge is 0.491 e. The van der Waals surface area contributed by atoms with E-state index < -0.39 is 25.6 Å². The number of fused-ring (bicyclic) bond motifs is 1. The second kappa shape index (κ2) is 12.8. The molecule has 246 valence electrons. The highest BCUT2D eigenvalue weighted by atomic mass is 28.4. The molecule has 0 spiro atoms. The summed E-state index contributed by atoms with van der Waals surface area (Å²) in [5.74, 6) is 0.668. The molecule has 1 aliphatic heterocycles. The Labute approximate surface area is 267 Å². The Morgan fingerprint density at radius 2 is 1.87 bits per heavy atom. The van der Waals surface area contributed by atoms with Gasteiger partial charge in [0.25, 0.3) is 0 Å². The molecule has 1 N–H and O–H groups in total. The number of methoxy groups -OCH3 is 1. The second-order valence-electron chi connectivity index (χ2n) is 14.2. The van der Waals surface area contributed by atoms with Crippen molar-refractivity contribution in [3.63, 3.8) is 0 Å². The van der Waals surface area contributed by atoms with Gasteiger partial charge in [0.15, 0.2) is 8.32 Å². The fourth-order valence-corrected chi connectivity index (χ4v) is 6.37. The van der Waals surface area contributed by atoms with E-state index in [9.17, 15) is 9.59 Å². The molecular formula is C33H48N4O7Si. The fraction of sp³-hybridized carbons (Fsp3) is 0.576. The number of carbonyl (C=O) groups excluding carboxylic acids is 2. The summed E-state index contributed by atoms with van der Waals surface area (Å²) >= 11 is 0. The van der Waals surface area contributed by atoms with Gasteiger partial charge in [0.05, 0.1) is 35.8 Å². The summed E-state index contributed by atoms with van der Waals surface area (Å²) in [7, 11) is -0.353. The van der Waals surface area contributed by atoms with Gasteiger partial charge in [0.2, 0.25) is 5.91 Å². The van der Waals surface area contributed by atoms with E-state index in [1.165, 1.54) is 17.7 Å². The SMILES string of the molecule is CO[C@@]1(c2cc(OCC(C)O[Si](C)(C)C(C)(C)C)cc(-c3cn(C(=O)OC(C)(C)C)c4cnc(NC(C)=O)cc34)n2)CCOC1. The van der Waals surface area contributed by atoms with Crippen molar-refractivity contribution in [3.05, 3.63) is 36.3 Å². The quantitative estimate of drug-likeness (QED) is 0.249. The Morgan fingerprint density at radius 1 is 1.16 bits per heavy atom. The number of pyridine rings is 2. The number of hydrogen-bond donors (Lipinski definition) is 1. The van der Waals surface area contributed by atoms with Crippen LogP contribution >= 0.6 is 0 Å². The van der Waals surface area contributed by atoms with Crippen molar-refractivity contribution in [2.75, 3.05) is 32.2 Å². The van der Waals surface area contributed by atoms with Crippen LogP contribution in [0, 0.1) is 0 Å². The van der Waals surface area contributed by atoms with Crippen molar-refractivity contribution < 1.29 is 33.0 Å². The standard InChI is InChI=1S/C33H48N4O7Si/c1-21(44-45(10,11)32(6,7)8)19-42-23-14-26(36-28(15-23)33(40-9)12-13-41-20-33)25-18-37(30(39)43-31(3,4)5)27-17-34-29(16-24(25)27)35-22(2)38/h14-18,21H,12-13,19-20H2,1-11H3,(H,34,35,38)/t21?,33-/m0/s1. The van der Waals surface area contributed by atoms with Crippen molar-refractivity contribution in [3.8, 4) is 17.0 Å². The first-order valence-corrected chi connectivity index (χ1v) is 18.2. The molecule has 2 atom stereocenters. The smallest absolute Gasteiger partial charge is 0.419 e. The van der Waals surface area contributed by atoms with Crippen molar-refractivity contribution >= 4 is 37.0 Å². The van der Waals surface area contributed by atoms with Crippen LogP contribution in [-0.4, -0.2) is 73.5 Å². The number of aromatic nitrogens is 3. The molecular weight excluding hydrogens is 592 g/mol. The molecule has 45 heavy (non-hydrogen) atoms. The first-order valence-electron chi connectivity index (χ1n) is 15.3. The van der Waals surface area contributed by atoms with Crippen molar-refractivity contribution in [2.24, 2.45) is 0 Å². The molecule has 11 nitrogen and oxygen atoms in total. The fourth-order valence-electron chi connectivity index (χ4n) is 4.94. The van der Waals surface area contributed by atoms with Gasteiger partial charge in [0, 0.05) is 56.3 Å². The molecule has 1 unspecified atom stereocenters. The van der Waals surface area contributed by atoms with E-state index in [1.54, 1.807) is 19.4 Å². The highest BCUT2D eigenvalue weighted by Gasteiger charge is 2.40. The molecule has 4 rings (SSSR count). The molecule has 12 heteroatoms. The van der Waals surface area contributed by atoms with Crippen LogP contribution in [0.1, 0.15) is 67.5 Å². The Kier molecular flexibility index (Phi) is 9.84. The highest BCUT2D eigenvalue weighted by molar-refractivity contribution is 6.74. The van der Waals surface area contributed by atoms with Gasteiger partial charge >= 0.3 is 6.09 Å². The number of nitrogens with zero attached hydrogens (tertiary/aromatic N) is 3. The summed E-state index contributed by atoms with van der Waals surface area (Å²) in [4.78, 5) is 34.6. The van der Waals surface area contributed by atoms with Gasteiger partial charge in [-0.05, 0) is 51.9 Å². The summed E-state index contributed by atoms with van der Waals surface area (Å²) in [5.41, 5.74) is 0.868. The van der Waals surface area contributed by atoms with Crippen LogP contribution in [0.3, 0.4) is 0 Å². The zero-order valence-electron chi connectivity index (χ0n) is 28.5. The van der Waals surface area contributed by atoms with Crippen LogP contribution in [-0.2, 0) is 29.0 Å². The minimum absolute atomic E-state index is 0.0683. The second-order valence-corrected chi connectivity index (χ2v) is 19.0. The zero-order valence-corrected chi connectivity index (χ0v) is 29.5. The summed E-state index contributed by atoms with van der Waals surface area (Å²) in [6.45, 7) is 21.2. The van der Waals surface area contributed by atoms with Gasteiger partial charge in [-0.3, -0.25) is 9.36 Å². The molecule has 0 bridgehead atoms. The molecule has 0 aromatic carbocycles. The van der Waals surface area contributed by atoms with Gasteiger partial charge in [-0.15, -0.1) is 0 Å². The molecule has 0 saturated carbocycles. The van der Waals surface area contributed by atoms with E-state index in [-0.39, 0.29) is 17.0 Å². The maximum atomic E-state index is 13.3. The van der Waals surface area contributed by atoms with Crippen LogP contribution in [0.4, 0.5) is 10.6 Å². The summed E-state index contributed by atoms with van der Waals surface area (Å²) in [6, 6.07) is 5.45. The van der Waals surface area contributed by atoms with Crippen LogP contribution in [0.15, 0.2) is 30.6 Å². The minimum atomic E-state index is -2.00. The summed E-state index contributed by atoms with van der Waals surface area (Å²) in [6.07, 6.45) is 3.14. The van der Waals surface area contributed by atoms with Gasteiger partial charge in [-0.1, -0.05) is 20.8 Å². The highest BCUT2D eigenvalue weighted by Crippen LogP contribution is 2.40. The Bertz CT molecular complexity index is 1550. The van der Waals surface area contributed by atoms with E-state index in [0.29, 0.717) is 65.7 Å². The number of rotatable bonds is 9. The van der Waals surface area contributed by atoms with Crippen LogP contribution in [0.5, 0.6) is 5.75 Å².